The average molecular weight is 218 g/mol. The number of hydrogen-bond acceptors (Lipinski definition) is 3. The molecule has 4 nitrogen and oxygen atoms in total. The van der Waals surface area contributed by atoms with Gasteiger partial charge in [0.1, 0.15) is 5.75 Å². The Balaban J connectivity index is 2.11. The number of hydrogen-bond donors (Lipinski definition) is 1. The molecule has 1 heterocycles. The van der Waals surface area contributed by atoms with E-state index in [4.69, 9.17) is 9.84 Å². The summed E-state index contributed by atoms with van der Waals surface area (Å²) in [5.74, 6) is -1.25. The number of fused-ring (bicyclic) bond motifs is 2. The van der Waals surface area contributed by atoms with Crippen molar-refractivity contribution in [1.29, 1.82) is 0 Å². The molecule has 1 aliphatic heterocycles. The molecule has 16 heavy (non-hydrogen) atoms. The summed E-state index contributed by atoms with van der Waals surface area (Å²) in [6.07, 6.45) is 0.287. The van der Waals surface area contributed by atoms with Gasteiger partial charge in [-0.05, 0) is 19.1 Å². The van der Waals surface area contributed by atoms with E-state index in [9.17, 15) is 9.59 Å². The topological polar surface area (TPSA) is 63.6 Å². The number of carboxylic acids is 1. The first-order valence-electron chi connectivity index (χ1n) is 5.12. The Morgan fingerprint density at radius 1 is 1.56 bits per heavy atom. The standard InChI is InChI=1S/C12H10O4/c1-6-2-3-9-7(4-6)10(13)8-5-12(8,16-9)11(14)15/h2-4,8H,5H2,1H3,(H,14,15)/t8-,12-/m0/s1. The molecule has 1 aromatic carbocycles. The second-order valence-electron chi connectivity index (χ2n) is 4.42. The molecule has 0 amide bonds. The first-order chi connectivity index (χ1) is 7.54. The van der Waals surface area contributed by atoms with Crippen LogP contribution in [0.5, 0.6) is 5.75 Å². The van der Waals surface area contributed by atoms with E-state index < -0.39 is 17.5 Å². The van der Waals surface area contributed by atoms with Gasteiger partial charge in [0.2, 0.25) is 5.60 Å². The van der Waals surface area contributed by atoms with Gasteiger partial charge in [-0.25, -0.2) is 4.79 Å². The SMILES string of the molecule is Cc1ccc2c(c1)C(=O)[C@@H]1C[C@]1(C(=O)O)O2. The quantitative estimate of drug-likeness (QED) is 0.774. The molecule has 0 radical (unpaired) electrons. The summed E-state index contributed by atoms with van der Waals surface area (Å²) in [5, 5.41) is 9.06. The number of benzene rings is 1. The third-order valence-electron chi connectivity index (χ3n) is 3.28. The molecule has 2 aliphatic rings. The van der Waals surface area contributed by atoms with E-state index in [1.165, 1.54) is 0 Å². The fourth-order valence-corrected chi connectivity index (χ4v) is 2.25. The van der Waals surface area contributed by atoms with E-state index in [0.717, 1.165) is 5.56 Å². The van der Waals surface area contributed by atoms with Gasteiger partial charge in [-0.15, -0.1) is 0 Å². The highest BCUT2D eigenvalue weighted by molar-refractivity contribution is 6.09. The van der Waals surface area contributed by atoms with Crippen LogP contribution in [0.15, 0.2) is 18.2 Å². The Labute approximate surface area is 91.8 Å². The van der Waals surface area contributed by atoms with Crippen LogP contribution in [-0.2, 0) is 4.79 Å². The second kappa shape index (κ2) is 2.64. The zero-order chi connectivity index (χ0) is 11.5. The number of carbonyl (C=O) groups excluding carboxylic acids is 1. The van der Waals surface area contributed by atoms with Gasteiger partial charge < -0.3 is 9.84 Å². The summed E-state index contributed by atoms with van der Waals surface area (Å²) in [4.78, 5) is 23.0. The van der Waals surface area contributed by atoms with Crippen LogP contribution in [-0.4, -0.2) is 22.5 Å². The molecule has 2 atom stereocenters. The van der Waals surface area contributed by atoms with Gasteiger partial charge in [0.15, 0.2) is 5.78 Å². The first-order valence-corrected chi connectivity index (χ1v) is 5.12. The molecule has 82 valence electrons. The molecule has 1 aromatic rings. The number of aliphatic carboxylic acids is 1. The van der Waals surface area contributed by atoms with E-state index in [2.05, 4.69) is 0 Å². The maximum absolute atomic E-state index is 12.0. The van der Waals surface area contributed by atoms with Crippen LogP contribution in [0.2, 0.25) is 0 Å². The molecular formula is C12H10O4. The number of aryl methyl sites for hydroxylation is 1. The average Bonchev–Trinajstić information content (AvgIpc) is 2.96. The van der Waals surface area contributed by atoms with Crippen molar-refractivity contribution in [1.82, 2.24) is 0 Å². The van der Waals surface area contributed by atoms with Crippen molar-refractivity contribution in [3.8, 4) is 5.75 Å². The molecule has 3 rings (SSSR count). The van der Waals surface area contributed by atoms with Crippen LogP contribution < -0.4 is 4.74 Å². The summed E-state index contributed by atoms with van der Waals surface area (Å²) in [6.45, 7) is 1.89. The minimum atomic E-state index is -1.28. The van der Waals surface area contributed by atoms with E-state index in [-0.39, 0.29) is 12.2 Å². The maximum Gasteiger partial charge on any atom is 0.348 e. The van der Waals surface area contributed by atoms with Crippen molar-refractivity contribution in [2.75, 3.05) is 0 Å². The number of ketones is 1. The zero-order valence-corrected chi connectivity index (χ0v) is 8.69. The normalized spacial score (nSPS) is 30.1. The molecule has 1 N–H and O–H groups in total. The third-order valence-corrected chi connectivity index (χ3v) is 3.28. The minimum absolute atomic E-state index is 0.104. The lowest BCUT2D eigenvalue weighted by Gasteiger charge is -2.22. The fraction of sp³-hybridized carbons (Fsp3) is 0.333. The van der Waals surface area contributed by atoms with Gasteiger partial charge in [0.05, 0.1) is 11.5 Å². The summed E-state index contributed by atoms with van der Waals surface area (Å²) in [7, 11) is 0. The van der Waals surface area contributed by atoms with Crippen molar-refractivity contribution < 1.29 is 19.4 Å². The van der Waals surface area contributed by atoms with Gasteiger partial charge in [-0.3, -0.25) is 4.79 Å². The molecule has 0 spiro atoms. The van der Waals surface area contributed by atoms with Crippen molar-refractivity contribution in [3.05, 3.63) is 29.3 Å². The number of ether oxygens (including phenoxy) is 1. The monoisotopic (exact) mass is 218 g/mol. The van der Waals surface area contributed by atoms with Crippen molar-refractivity contribution in [2.24, 2.45) is 5.92 Å². The molecule has 0 bridgehead atoms. The van der Waals surface area contributed by atoms with Gasteiger partial charge in [-0.2, -0.15) is 0 Å². The van der Waals surface area contributed by atoms with Crippen molar-refractivity contribution >= 4 is 11.8 Å². The third kappa shape index (κ3) is 0.988. The Morgan fingerprint density at radius 2 is 2.31 bits per heavy atom. The van der Waals surface area contributed by atoms with Crippen LogP contribution in [0.1, 0.15) is 22.3 Å². The molecule has 0 aromatic heterocycles. The first kappa shape index (κ1) is 9.39. The zero-order valence-electron chi connectivity index (χ0n) is 8.69. The van der Waals surface area contributed by atoms with Gasteiger partial charge in [0.25, 0.3) is 0 Å². The highest BCUT2D eigenvalue weighted by atomic mass is 16.5. The Hall–Kier alpha value is -1.84. The molecule has 1 saturated carbocycles. The largest absolute Gasteiger partial charge is 0.478 e. The van der Waals surface area contributed by atoms with Crippen molar-refractivity contribution in [2.45, 2.75) is 18.9 Å². The Bertz CT molecular complexity index is 520. The summed E-state index contributed by atoms with van der Waals surface area (Å²) < 4.78 is 5.46. The maximum atomic E-state index is 12.0. The summed E-state index contributed by atoms with van der Waals surface area (Å²) >= 11 is 0. The van der Waals surface area contributed by atoms with Crippen LogP contribution in [0.4, 0.5) is 0 Å². The smallest absolute Gasteiger partial charge is 0.348 e. The van der Waals surface area contributed by atoms with Crippen LogP contribution >= 0.6 is 0 Å². The van der Waals surface area contributed by atoms with Gasteiger partial charge >= 0.3 is 5.97 Å². The Kier molecular flexibility index (Phi) is 1.55. The highest BCUT2D eigenvalue weighted by Gasteiger charge is 2.69. The molecule has 4 heteroatoms. The predicted molar refractivity (Wildman–Crippen MR) is 54.6 cm³/mol. The number of rotatable bonds is 1. The molecule has 0 unspecified atom stereocenters. The minimum Gasteiger partial charge on any atom is -0.478 e. The lowest BCUT2D eigenvalue weighted by Crippen LogP contribution is -2.37. The van der Waals surface area contributed by atoms with E-state index >= 15 is 0 Å². The molecule has 1 fully saturated rings. The summed E-state index contributed by atoms with van der Waals surface area (Å²) in [5.41, 5.74) is 0.206. The molecule has 0 saturated heterocycles. The number of carboxylic acid groups (broad SMARTS) is 1. The van der Waals surface area contributed by atoms with E-state index in [0.29, 0.717) is 11.3 Å². The second-order valence-corrected chi connectivity index (χ2v) is 4.42. The lowest BCUT2D eigenvalue weighted by molar-refractivity contribution is -0.148. The van der Waals surface area contributed by atoms with Crippen LogP contribution in [0.3, 0.4) is 0 Å². The fourth-order valence-electron chi connectivity index (χ4n) is 2.25. The number of Topliss-reactive ketones (excluding diaryl/α,β-unsaturated/α-hetero) is 1. The van der Waals surface area contributed by atoms with Gasteiger partial charge in [0, 0.05) is 6.42 Å². The van der Waals surface area contributed by atoms with Crippen LogP contribution in [0.25, 0.3) is 0 Å². The summed E-state index contributed by atoms with van der Waals surface area (Å²) in [6, 6.07) is 5.23. The Morgan fingerprint density at radius 3 is 3.00 bits per heavy atom. The molecule has 1 aliphatic carbocycles. The predicted octanol–water partition coefficient (Wildman–Crippen LogP) is 1.41. The van der Waals surface area contributed by atoms with E-state index in [1.807, 2.05) is 13.0 Å². The van der Waals surface area contributed by atoms with E-state index in [1.54, 1.807) is 12.1 Å². The lowest BCUT2D eigenvalue weighted by atomic mass is 9.99. The number of carbonyl (C=O) groups is 2. The highest BCUT2D eigenvalue weighted by Crippen LogP contribution is 2.53. The van der Waals surface area contributed by atoms with Crippen LogP contribution in [0, 0.1) is 12.8 Å². The van der Waals surface area contributed by atoms with Crippen molar-refractivity contribution in [3.63, 3.8) is 0 Å². The van der Waals surface area contributed by atoms with Gasteiger partial charge in [-0.1, -0.05) is 11.6 Å². The molecular weight excluding hydrogens is 208 g/mol.